The number of amides is 1. The Kier molecular flexibility index (Phi) is 41.8. The van der Waals surface area contributed by atoms with Crippen molar-refractivity contribution in [1.29, 1.82) is 0 Å². The molecule has 0 radical (unpaired) electrons. The van der Waals surface area contributed by atoms with E-state index in [1.165, 1.54) is 116 Å². The molecule has 0 saturated carbocycles. The summed E-state index contributed by atoms with van der Waals surface area (Å²) in [6.07, 6.45) is 52.9. The highest BCUT2D eigenvalue weighted by molar-refractivity contribution is 5.77. The summed E-state index contributed by atoms with van der Waals surface area (Å²) in [5.74, 6) is -0.561. The van der Waals surface area contributed by atoms with Crippen LogP contribution >= 0.6 is 0 Å². The number of hydrogen-bond acceptors (Lipinski definition) is 5. The molecule has 0 aliphatic rings. The number of nitrogens with one attached hydrogen (secondary N) is 1. The van der Waals surface area contributed by atoms with E-state index < -0.39 is 18.2 Å². The molecule has 0 heterocycles. The number of aliphatic hydroxyl groups is 2. The summed E-state index contributed by atoms with van der Waals surface area (Å²) in [5, 5.41) is 23.6. The summed E-state index contributed by atoms with van der Waals surface area (Å²) in [7, 11) is 0. The first-order valence-corrected chi connectivity index (χ1v) is 23.6. The van der Waals surface area contributed by atoms with Crippen molar-refractivity contribution >= 4 is 11.9 Å². The molecule has 0 aliphatic heterocycles. The van der Waals surface area contributed by atoms with Gasteiger partial charge in [-0.3, -0.25) is 9.59 Å². The van der Waals surface area contributed by atoms with E-state index in [-0.39, 0.29) is 24.9 Å². The summed E-state index contributed by atoms with van der Waals surface area (Å²) >= 11 is 0. The molecular weight excluding hydrogens is 695 g/mol. The van der Waals surface area contributed by atoms with E-state index in [2.05, 4.69) is 32.2 Å². The molecule has 3 unspecified atom stereocenters. The maximum absolute atomic E-state index is 13.1. The van der Waals surface area contributed by atoms with E-state index in [1.807, 2.05) is 54.7 Å². The first-order valence-electron chi connectivity index (χ1n) is 23.6. The smallest absolute Gasteiger partial charge is 0.306 e. The van der Waals surface area contributed by atoms with Crippen LogP contribution in [0.4, 0.5) is 0 Å². The Morgan fingerprint density at radius 2 is 0.946 bits per heavy atom. The lowest BCUT2D eigenvalue weighted by molar-refractivity contribution is -0.151. The summed E-state index contributed by atoms with van der Waals surface area (Å²) < 4.78 is 5.87. The Morgan fingerprint density at radius 3 is 1.39 bits per heavy atom. The summed E-state index contributed by atoms with van der Waals surface area (Å²) in [6.45, 7) is 6.30. The molecule has 0 spiro atoms. The predicted molar refractivity (Wildman–Crippen MR) is 241 cm³/mol. The van der Waals surface area contributed by atoms with Gasteiger partial charge < -0.3 is 20.3 Å². The lowest BCUT2D eigenvalue weighted by Crippen LogP contribution is -2.46. The third kappa shape index (κ3) is 38.4. The van der Waals surface area contributed by atoms with Crippen molar-refractivity contribution in [2.75, 3.05) is 6.61 Å². The second kappa shape index (κ2) is 43.7. The molecule has 0 bridgehead atoms. The predicted octanol–water partition coefficient (Wildman–Crippen LogP) is 13.7. The first-order chi connectivity index (χ1) is 27.5. The van der Waals surface area contributed by atoms with Crippen molar-refractivity contribution in [3.05, 3.63) is 60.8 Å². The van der Waals surface area contributed by atoms with E-state index in [0.717, 1.165) is 51.4 Å². The topological polar surface area (TPSA) is 95.9 Å². The highest BCUT2D eigenvalue weighted by atomic mass is 16.5. The largest absolute Gasteiger partial charge is 0.462 e. The van der Waals surface area contributed by atoms with Crippen LogP contribution in [0.2, 0.25) is 0 Å². The fourth-order valence-corrected chi connectivity index (χ4v) is 6.93. The maximum atomic E-state index is 13.1. The van der Waals surface area contributed by atoms with Gasteiger partial charge in [0.05, 0.1) is 25.2 Å². The van der Waals surface area contributed by atoms with Gasteiger partial charge in [-0.1, -0.05) is 229 Å². The van der Waals surface area contributed by atoms with Gasteiger partial charge in [0.25, 0.3) is 0 Å². The number of rotatable bonds is 41. The summed E-state index contributed by atoms with van der Waals surface area (Å²) in [6, 6.07) is -0.713. The number of ether oxygens (including phenoxy) is 1. The van der Waals surface area contributed by atoms with E-state index >= 15 is 0 Å². The van der Waals surface area contributed by atoms with Gasteiger partial charge in [-0.15, -0.1) is 0 Å². The molecule has 0 aromatic heterocycles. The van der Waals surface area contributed by atoms with Gasteiger partial charge in [0.1, 0.15) is 6.10 Å². The van der Waals surface area contributed by atoms with Crippen molar-refractivity contribution in [2.24, 2.45) is 0 Å². The van der Waals surface area contributed by atoms with Gasteiger partial charge >= 0.3 is 5.97 Å². The van der Waals surface area contributed by atoms with Crippen molar-refractivity contribution in [1.82, 2.24) is 5.32 Å². The standard InChI is InChI=1S/C50H89NO5/c1-4-7-10-13-16-19-21-23-24-26-27-30-32-35-38-41-46(56-50(55)43-40-37-34-31-28-25-22-20-17-14-11-8-5-2)44-49(54)51-47(45-52)48(53)42-39-36-33-29-18-15-12-9-6-3/h8,11,14,17,20,22,25,28,31,34,46-48,52-53H,4-7,9-10,12-13,15-16,18-19,21,23-24,26-27,29-30,32-33,35-45H2,1-3H3,(H,51,54)/b11-8+,17-14+,22-20-,28-25-,34-31+. The second-order valence-electron chi connectivity index (χ2n) is 15.9. The molecule has 0 saturated heterocycles. The van der Waals surface area contributed by atoms with Crippen LogP contribution in [0.1, 0.15) is 220 Å². The minimum atomic E-state index is -0.797. The van der Waals surface area contributed by atoms with Crippen LogP contribution in [0.25, 0.3) is 0 Å². The van der Waals surface area contributed by atoms with E-state index in [1.54, 1.807) is 0 Å². The van der Waals surface area contributed by atoms with Gasteiger partial charge in [-0.2, -0.15) is 0 Å². The van der Waals surface area contributed by atoms with Gasteiger partial charge in [-0.05, 0) is 38.5 Å². The van der Waals surface area contributed by atoms with Crippen molar-refractivity contribution in [2.45, 2.75) is 238 Å². The van der Waals surface area contributed by atoms with E-state index in [9.17, 15) is 19.8 Å². The first kappa shape index (κ1) is 53.6. The van der Waals surface area contributed by atoms with Gasteiger partial charge in [-0.25, -0.2) is 0 Å². The lowest BCUT2D eigenvalue weighted by atomic mass is 10.0. The fourth-order valence-electron chi connectivity index (χ4n) is 6.93. The molecular formula is C50H89NO5. The highest BCUT2D eigenvalue weighted by Crippen LogP contribution is 2.18. The Balaban J connectivity index is 4.70. The normalized spacial score (nSPS) is 13.9. The quantitative estimate of drug-likeness (QED) is 0.0326. The third-order valence-corrected chi connectivity index (χ3v) is 10.5. The molecule has 0 rings (SSSR count). The Labute approximate surface area is 346 Å². The monoisotopic (exact) mass is 784 g/mol. The summed E-state index contributed by atoms with van der Waals surface area (Å²) in [5.41, 5.74) is 0. The molecule has 0 aliphatic carbocycles. The van der Waals surface area contributed by atoms with Crippen LogP contribution in [0, 0.1) is 0 Å². The lowest BCUT2D eigenvalue weighted by Gasteiger charge is -2.24. The number of carbonyl (C=O) groups is 2. The molecule has 1 amide bonds. The van der Waals surface area contributed by atoms with E-state index in [0.29, 0.717) is 25.7 Å². The third-order valence-electron chi connectivity index (χ3n) is 10.5. The average Bonchev–Trinajstić information content (AvgIpc) is 3.19. The van der Waals surface area contributed by atoms with Crippen LogP contribution in [0.15, 0.2) is 60.8 Å². The van der Waals surface area contributed by atoms with Crippen LogP contribution in [0.3, 0.4) is 0 Å². The Hall–Kier alpha value is -2.44. The van der Waals surface area contributed by atoms with Gasteiger partial charge in [0.15, 0.2) is 0 Å². The Morgan fingerprint density at radius 1 is 0.536 bits per heavy atom. The fraction of sp³-hybridized carbons (Fsp3) is 0.760. The molecule has 0 fully saturated rings. The maximum Gasteiger partial charge on any atom is 0.306 e. The molecule has 3 atom stereocenters. The molecule has 0 aromatic rings. The zero-order chi connectivity index (χ0) is 41.0. The number of carbonyl (C=O) groups excluding carboxylic acids is 2. The van der Waals surface area contributed by atoms with Crippen LogP contribution in [-0.4, -0.2) is 46.9 Å². The van der Waals surface area contributed by atoms with Crippen LogP contribution < -0.4 is 5.32 Å². The zero-order valence-electron chi connectivity index (χ0n) is 36.8. The molecule has 324 valence electrons. The van der Waals surface area contributed by atoms with Crippen LogP contribution in [0.5, 0.6) is 0 Å². The number of hydrogen-bond donors (Lipinski definition) is 3. The zero-order valence-corrected chi connectivity index (χ0v) is 36.8. The number of esters is 1. The minimum Gasteiger partial charge on any atom is -0.462 e. The van der Waals surface area contributed by atoms with Crippen molar-refractivity contribution < 1.29 is 24.5 Å². The number of allylic oxidation sites excluding steroid dienone is 10. The van der Waals surface area contributed by atoms with E-state index in [4.69, 9.17) is 4.74 Å². The summed E-state index contributed by atoms with van der Waals surface area (Å²) in [4.78, 5) is 26.0. The number of unbranched alkanes of at least 4 members (excludes halogenated alkanes) is 23. The van der Waals surface area contributed by atoms with Crippen molar-refractivity contribution in [3.63, 3.8) is 0 Å². The highest BCUT2D eigenvalue weighted by Gasteiger charge is 2.24. The molecule has 0 aromatic carbocycles. The average molecular weight is 784 g/mol. The SMILES string of the molecule is CC/C=C/C=C/C=C\C=C/C=C/CCCC(=O)OC(CCCCCCCCCCCCCCCCC)CC(=O)NC(CO)C(O)CCCCCCCCCCC. The van der Waals surface area contributed by atoms with Gasteiger partial charge in [0.2, 0.25) is 5.91 Å². The molecule has 6 heteroatoms. The van der Waals surface area contributed by atoms with Gasteiger partial charge in [0, 0.05) is 6.42 Å². The number of aliphatic hydroxyl groups excluding tert-OH is 2. The molecule has 6 nitrogen and oxygen atoms in total. The van der Waals surface area contributed by atoms with Crippen LogP contribution in [-0.2, 0) is 14.3 Å². The molecule has 56 heavy (non-hydrogen) atoms. The van der Waals surface area contributed by atoms with Crippen molar-refractivity contribution in [3.8, 4) is 0 Å². The Bertz CT molecular complexity index is 1010. The molecule has 3 N–H and O–H groups in total. The minimum absolute atomic E-state index is 0.0495. The second-order valence-corrected chi connectivity index (χ2v) is 15.9.